The maximum Gasteiger partial charge on any atom is 0.140 e. The van der Waals surface area contributed by atoms with Gasteiger partial charge in [0.15, 0.2) is 0 Å². The van der Waals surface area contributed by atoms with Crippen LogP contribution in [0.5, 0.6) is 0 Å². The van der Waals surface area contributed by atoms with Gasteiger partial charge in [0.05, 0.1) is 0 Å². The van der Waals surface area contributed by atoms with Crippen LogP contribution in [0.15, 0.2) is 18.7 Å². The van der Waals surface area contributed by atoms with Crippen LogP contribution in [0.25, 0.3) is 11.0 Å². The highest BCUT2D eigenvalue weighted by atomic mass is 14.9. The molecule has 3 heteroatoms. The Morgan fingerprint density at radius 1 is 1.36 bits per heavy atom. The van der Waals surface area contributed by atoms with Crippen LogP contribution >= 0.6 is 0 Å². The fourth-order valence-corrected chi connectivity index (χ4v) is 1.36. The minimum atomic E-state index is 0. The number of nitrogens with zero attached hydrogens (tertiary/aromatic N) is 2. The predicted octanol–water partition coefficient (Wildman–Crippen LogP) is 3.35. The molecular weight excluding hydrogens is 174 g/mol. The second-order valence-corrected chi connectivity index (χ2v) is 3.18. The van der Waals surface area contributed by atoms with E-state index in [2.05, 4.69) is 28.8 Å². The van der Waals surface area contributed by atoms with Crippen molar-refractivity contribution in [3.05, 3.63) is 24.3 Å². The molecule has 2 aromatic rings. The lowest BCUT2D eigenvalue weighted by Gasteiger charge is -1.99. The van der Waals surface area contributed by atoms with Gasteiger partial charge in [-0.1, -0.05) is 27.7 Å². The van der Waals surface area contributed by atoms with Gasteiger partial charge in [0, 0.05) is 19.2 Å². The zero-order chi connectivity index (χ0) is 10.6. The average Bonchev–Trinajstić information content (AvgIpc) is 2.64. The molecule has 0 saturated carbocycles. The van der Waals surface area contributed by atoms with Crippen LogP contribution in [0.4, 0.5) is 0 Å². The summed E-state index contributed by atoms with van der Waals surface area (Å²) in [6.45, 7) is 8.32. The van der Waals surface area contributed by atoms with Crippen LogP contribution in [-0.2, 0) is 0 Å². The van der Waals surface area contributed by atoms with Gasteiger partial charge in [-0.25, -0.2) is 9.97 Å². The minimum Gasteiger partial charge on any atom is -0.346 e. The number of nitrogens with one attached hydrogen (secondary N) is 1. The molecule has 0 aliphatic rings. The molecular formula is C11H19N3. The molecule has 14 heavy (non-hydrogen) atoms. The van der Waals surface area contributed by atoms with Crippen molar-refractivity contribution in [3.8, 4) is 0 Å². The molecule has 0 atom stereocenters. The Bertz CT molecular complexity index is 395. The first-order chi connectivity index (χ1) is 6.79. The molecule has 0 aliphatic carbocycles. The molecule has 0 aromatic carbocycles. The Morgan fingerprint density at radius 3 is 2.71 bits per heavy atom. The number of rotatable bonds is 1. The number of hydrogen-bond acceptors (Lipinski definition) is 2. The lowest BCUT2D eigenvalue weighted by atomic mass is 10.1. The molecule has 0 fully saturated rings. The summed E-state index contributed by atoms with van der Waals surface area (Å²) < 4.78 is 0. The van der Waals surface area contributed by atoms with Crippen LogP contribution in [-0.4, -0.2) is 15.0 Å². The Labute approximate surface area is 86.1 Å². The maximum atomic E-state index is 4.12. The highest BCUT2D eigenvalue weighted by Gasteiger charge is 2.06. The lowest BCUT2D eigenvalue weighted by Crippen LogP contribution is -1.84. The monoisotopic (exact) mass is 193 g/mol. The first-order valence-corrected chi connectivity index (χ1v) is 5.06. The van der Waals surface area contributed by atoms with Gasteiger partial charge >= 0.3 is 0 Å². The second-order valence-electron chi connectivity index (χ2n) is 3.18. The quantitative estimate of drug-likeness (QED) is 0.754. The van der Waals surface area contributed by atoms with Crippen molar-refractivity contribution in [2.45, 2.75) is 33.6 Å². The molecule has 0 aliphatic heterocycles. The largest absolute Gasteiger partial charge is 0.346 e. The summed E-state index contributed by atoms with van der Waals surface area (Å²) in [5.74, 6) is 0.518. The van der Waals surface area contributed by atoms with Gasteiger partial charge in [0.25, 0.3) is 0 Å². The number of hydrogen-bond donors (Lipinski definition) is 1. The molecule has 78 valence electrons. The molecule has 0 radical (unpaired) electrons. The Hall–Kier alpha value is -1.38. The number of fused-ring (bicyclic) bond motifs is 1. The molecule has 0 saturated heterocycles. The first-order valence-electron chi connectivity index (χ1n) is 5.06. The van der Waals surface area contributed by atoms with E-state index in [9.17, 15) is 0 Å². The van der Waals surface area contributed by atoms with Gasteiger partial charge in [-0.2, -0.15) is 0 Å². The normalized spacial score (nSPS) is 10.1. The van der Waals surface area contributed by atoms with Gasteiger partial charge in [0.2, 0.25) is 0 Å². The summed E-state index contributed by atoms with van der Waals surface area (Å²) in [4.78, 5) is 11.2. The van der Waals surface area contributed by atoms with E-state index in [0.29, 0.717) is 5.92 Å². The van der Waals surface area contributed by atoms with E-state index in [1.807, 2.05) is 26.2 Å². The second kappa shape index (κ2) is 4.74. The molecule has 3 nitrogen and oxygen atoms in total. The van der Waals surface area contributed by atoms with Crippen molar-refractivity contribution >= 4 is 11.0 Å². The molecule has 1 N–H and O–H groups in total. The summed E-state index contributed by atoms with van der Waals surface area (Å²) in [5, 5.41) is 1.13. The van der Waals surface area contributed by atoms with Crippen LogP contribution in [0.2, 0.25) is 0 Å². The summed E-state index contributed by atoms with van der Waals surface area (Å²) in [6, 6.07) is 0. The van der Waals surface area contributed by atoms with Crippen LogP contribution in [0.3, 0.4) is 0 Å². The highest BCUT2D eigenvalue weighted by molar-refractivity contribution is 5.78. The van der Waals surface area contributed by atoms with Gasteiger partial charge in [0.1, 0.15) is 12.0 Å². The molecule has 2 heterocycles. The fourth-order valence-electron chi connectivity index (χ4n) is 1.36. The van der Waals surface area contributed by atoms with Crippen LogP contribution in [0.1, 0.15) is 40.6 Å². The summed E-state index contributed by atoms with van der Waals surface area (Å²) >= 11 is 0. The maximum absolute atomic E-state index is 4.12. The highest BCUT2D eigenvalue weighted by Crippen LogP contribution is 2.22. The number of aromatic amines is 1. The molecule has 0 amide bonds. The predicted molar refractivity (Wildman–Crippen MR) is 61.4 cm³/mol. The van der Waals surface area contributed by atoms with Gasteiger partial charge in [-0.05, 0) is 11.5 Å². The first kappa shape index (κ1) is 10.7. The van der Waals surface area contributed by atoms with Crippen molar-refractivity contribution in [2.75, 3.05) is 0 Å². The van der Waals surface area contributed by atoms with Gasteiger partial charge in [-0.3, -0.25) is 0 Å². The van der Waals surface area contributed by atoms with E-state index >= 15 is 0 Å². The molecule has 0 bridgehead atoms. The third-order valence-corrected chi connectivity index (χ3v) is 2.01. The van der Waals surface area contributed by atoms with E-state index in [4.69, 9.17) is 0 Å². The van der Waals surface area contributed by atoms with Crippen molar-refractivity contribution < 1.29 is 1.43 Å². The minimum absolute atomic E-state index is 0. The Morgan fingerprint density at radius 2 is 2.07 bits per heavy atom. The lowest BCUT2D eigenvalue weighted by molar-refractivity contribution is 0.875. The van der Waals surface area contributed by atoms with Crippen LogP contribution < -0.4 is 0 Å². The van der Waals surface area contributed by atoms with Crippen LogP contribution in [0, 0.1) is 0 Å². The van der Waals surface area contributed by atoms with E-state index in [-0.39, 0.29) is 1.43 Å². The number of aromatic nitrogens is 3. The molecule has 0 spiro atoms. The van der Waals surface area contributed by atoms with E-state index in [0.717, 1.165) is 11.0 Å². The average molecular weight is 193 g/mol. The zero-order valence-electron chi connectivity index (χ0n) is 9.20. The smallest absolute Gasteiger partial charge is 0.140 e. The fraction of sp³-hybridized carbons (Fsp3) is 0.455. The van der Waals surface area contributed by atoms with Gasteiger partial charge < -0.3 is 4.98 Å². The molecule has 2 rings (SSSR count). The molecule has 0 unspecified atom stereocenters. The number of H-pyrrole nitrogens is 1. The van der Waals surface area contributed by atoms with Crippen molar-refractivity contribution in [3.63, 3.8) is 0 Å². The third-order valence-electron chi connectivity index (χ3n) is 2.01. The molecule has 2 aromatic heterocycles. The Balaban J connectivity index is 0.000000617. The summed E-state index contributed by atoms with van der Waals surface area (Å²) in [5.41, 5.74) is 2.21. The summed E-state index contributed by atoms with van der Waals surface area (Å²) in [7, 11) is 0. The van der Waals surface area contributed by atoms with E-state index < -0.39 is 0 Å². The standard InChI is InChI=1S/C9H11N3.C2H6.H2/c1-6(2)7-4-11-9-8(7)3-10-5-12-9;1-2;/h3-6H,1-2H3,(H,10,11,12);1-2H3;1H. The van der Waals surface area contributed by atoms with Crippen molar-refractivity contribution in [2.24, 2.45) is 0 Å². The van der Waals surface area contributed by atoms with Gasteiger partial charge in [-0.15, -0.1) is 0 Å². The zero-order valence-corrected chi connectivity index (χ0v) is 9.20. The van der Waals surface area contributed by atoms with E-state index in [1.54, 1.807) is 6.33 Å². The third kappa shape index (κ3) is 1.92. The Kier molecular flexibility index (Phi) is 3.63. The van der Waals surface area contributed by atoms with E-state index in [1.165, 1.54) is 5.56 Å². The van der Waals surface area contributed by atoms with Crippen molar-refractivity contribution in [1.82, 2.24) is 15.0 Å². The summed E-state index contributed by atoms with van der Waals surface area (Å²) in [6.07, 6.45) is 5.42. The van der Waals surface area contributed by atoms with Crippen molar-refractivity contribution in [1.29, 1.82) is 0 Å². The topological polar surface area (TPSA) is 41.6 Å². The SMILES string of the molecule is CC.CC(C)c1c[nH]c2ncncc12.[HH].